The number of esters is 1. The van der Waals surface area contributed by atoms with Crippen LogP contribution in [0.4, 0.5) is 5.69 Å². The Morgan fingerprint density at radius 2 is 1.76 bits per heavy atom. The maximum absolute atomic E-state index is 12.5. The quantitative estimate of drug-likeness (QED) is 0.217. The van der Waals surface area contributed by atoms with Gasteiger partial charge < -0.3 is 14.4 Å². The molecule has 0 aliphatic carbocycles. The van der Waals surface area contributed by atoms with Crippen molar-refractivity contribution < 1.29 is 14.3 Å². The highest BCUT2D eigenvalue weighted by atomic mass is 35.5. The first-order chi connectivity index (χ1) is 18.3. The summed E-state index contributed by atoms with van der Waals surface area (Å²) in [6.45, 7) is 9.19. The van der Waals surface area contributed by atoms with Crippen LogP contribution in [-0.2, 0) is 16.3 Å². The number of piperazine rings is 1. The molecule has 1 aromatic heterocycles. The third-order valence-electron chi connectivity index (χ3n) is 6.68. The zero-order valence-corrected chi connectivity index (χ0v) is 23.5. The van der Waals surface area contributed by atoms with Gasteiger partial charge in [-0.1, -0.05) is 43.1 Å². The number of anilines is 1. The Labute approximate surface area is 233 Å². The molecule has 0 N–H and O–H groups in total. The lowest BCUT2D eigenvalue weighted by Gasteiger charge is -2.36. The van der Waals surface area contributed by atoms with Crippen molar-refractivity contribution >= 4 is 45.8 Å². The molecule has 0 unspecified atom stereocenters. The molecule has 9 heteroatoms. The van der Waals surface area contributed by atoms with Gasteiger partial charge in [0.05, 0.1) is 27.9 Å². The first-order valence-corrected chi connectivity index (χ1v) is 13.9. The summed E-state index contributed by atoms with van der Waals surface area (Å²) in [5.74, 6) is 0.577. The molecule has 1 fully saturated rings. The van der Waals surface area contributed by atoms with E-state index in [0.717, 1.165) is 56.6 Å². The molecule has 0 amide bonds. The summed E-state index contributed by atoms with van der Waals surface area (Å²) in [6, 6.07) is 14.7. The SMILES string of the molecule is CC(C)CC(=O)OCn1c(=O)ccc2ccc(OCCCCN3CCN(c4cccc(Cl)c4Cl)CC3)cc21. The second-order valence-corrected chi connectivity index (χ2v) is 10.8. The molecule has 1 saturated heterocycles. The lowest BCUT2D eigenvalue weighted by Crippen LogP contribution is -2.46. The molecule has 2 heterocycles. The number of benzene rings is 2. The number of halogens is 2. The Morgan fingerprint density at radius 1 is 1.00 bits per heavy atom. The Balaban J connectivity index is 1.24. The molecule has 7 nitrogen and oxygen atoms in total. The Morgan fingerprint density at radius 3 is 2.53 bits per heavy atom. The van der Waals surface area contributed by atoms with Crippen molar-refractivity contribution in [1.29, 1.82) is 0 Å². The number of pyridine rings is 1. The van der Waals surface area contributed by atoms with Gasteiger partial charge in [-0.15, -0.1) is 0 Å². The minimum absolute atomic E-state index is 0.109. The third-order valence-corrected chi connectivity index (χ3v) is 7.48. The second kappa shape index (κ2) is 13.4. The smallest absolute Gasteiger partial charge is 0.307 e. The summed E-state index contributed by atoms with van der Waals surface area (Å²) in [5, 5.41) is 2.10. The molecule has 0 spiro atoms. The zero-order chi connectivity index (χ0) is 27.1. The number of hydrogen-bond acceptors (Lipinski definition) is 6. The lowest BCUT2D eigenvalue weighted by atomic mass is 10.1. The summed E-state index contributed by atoms with van der Waals surface area (Å²) in [4.78, 5) is 29.2. The summed E-state index contributed by atoms with van der Waals surface area (Å²) < 4.78 is 12.8. The van der Waals surface area contributed by atoms with Crippen LogP contribution >= 0.6 is 23.2 Å². The van der Waals surface area contributed by atoms with Gasteiger partial charge in [-0.05, 0) is 61.0 Å². The minimum Gasteiger partial charge on any atom is -0.494 e. The van der Waals surface area contributed by atoms with E-state index in [1.807, 2.05) is 50.2 Å². The van der Waals surface area contributed by atoms with E-state index in [2.05, 4.69) is 9.80 Å². The monoisotopic (exact) mass is 559 g/mol. The summed E-state index contributed by atoms with van der Waals surface area (Å²) >= 11 is 12.6. The molecule has 1 aliphatic heterocycles. The normalized spacial score (nSPS) is 14.3. The van der Waals surface area contributed by atoms with Crippen molar-refractivity contribution in [1.82, 2.24) is 9.47 Å². The summed E-state index contributed by atoms with van der Waals surface area (Å²) in [6.07, 6.45) is 2.27. The highest BCUT2D eigenvalue weighted by Gasteiger charge is 2.19. The highest BCUT2D eigenvalue weighted by molar-refractivity contribution is 6.43. The number of hydrogen-bond donors (Lipinski definition) is 0. The van der Waals surface area contributed by atoms with Crippen molar-refractivity contribution in [2.45, 2.75) is 39.8 Å². The van der Waals surface area contributed by atoms with Crippen molar-refractivity contribution in [3.63, 3.8) is 0 Å². The predicted molar refractivity (Wildman–Crippen MR) is 154 cm³/mol. The number of carbonyl (C=O) groups excluding carboxylic acids is 1. The van der Waals surface area contributed by atoms with Gasteiger partial charge in [0.1, 0.15) is 5.75 Å². The average Bonchev–Trinajstić information content (AvgIpc) is 2.89. The number of ether oxygens (including phenoxy) is 2. The van der Waals surface area contributed by atoms with Gasteiger partial charge in [-0.25, -0.2) is 0 Å². The van der Waals surface area contributed by atoms with Crippen molar-refractivity contribution in [2.75, 3.05) is 44.2 Å². The fraction of sp³-hybridized carbons (Fsp3) is 0.448. The Hall–Kier alpha value is -2.74. The van der Waals surface area contributed by atoms with E-state index in [1.165, 1.54) is 10.6 Å². The van der Waals surface area contributed by atoms with Crippen LogP contribution in [0.15, 0.2) is 53.3 Å². The van der Waals surface area contributed by atoms with E-state index < -0.39 is 0 Å². The highest BCUT2D eigenvalue weighted by Crippen LogP contribution is 2.32. The number of rotatable bonds is 11. The van der Waals surface area contributed by atoms with Gasteiger partial charge in [0, 0.05) is 44.7 Å². The average molecular weight is 561 g/mol. The minimum atomic E-state index is -0.314. The molecule has 38 heavy (non-hydrogen) atoms. The number of fused-ring (bicyclic) bond motifs is 1. The number of nitrogens with zero attached hydrogens (tertiary/aromatic N) is 3. The zero-order valence-electron chi connectivity index (χ0n) is 22.0. The Kier molecular flexibility index (Phi) is 9.94. The molecule has 2 aromatic carbocycles. The molecule has 0 radical (unpaired) electrons. The van der Waals surface area contributed by atoms with Gasteiger partial charge in [0.2, 0.25) is 0 Å². The topological polar surface area (TPSA) is 64.0 Å². The van der Waals surface area contributed by atoms with Crippen LogP contribution in [0.2, 0.25) is 10.0 Å². The maximum atomic E-state index is 12.5. The van der Waals surface area contributed by atoms with E-state index in [4.69, 9.17) is 32.7 Å². The van der Waals surface area contributed by atoms with Crippen LogP contribution in [0.25, 0.3) is 10.9 Å². The van der Waals surface area contributed by atoms with Crippen molar-refractivity contribution in [3.05, 3.63) is 68.9 Å². The molecule has 0 bridgehead atoms. The standard InChI is InChI=1S/C29H35Cl2N3O4/c1-21(2)18-28(36)38-20-34-26-19-23(10-8-22(26)9-11-27(34)35)37-17-4-3-12-32-13-15-33(16-14-32)25-7-5-6-24(30)29(25)31/h5-11,19,21H,3-4,12-18,20H2,1-2H3. The fourth-order valence-corrected chi connectivity index (χ4v) is 5.01. The van der Waals surface area contributed by atoms with Crippen LogP contribution in [0.5, 0.6) is 5.75 Å². The van der Waals surface area contributed by atoms with E-state index >= 15 is 0 Å². The fourth-order valence-electron chi connectivity index (χ4n) is 4.60. The van der Waals surface area contributed by atoms with Gasteiger partial charge >= 0.3 is 5.97 Å². The van der Waals surface area contributed by atoms with Crippen LogP contribution in [0, 0.1) is 5.92 Å². The van der Waals surface area contributed by atoms with Crippen molar-refractivity contribution in [3.8, 4) is 5.75 Å². The molecular weight excluding hydrogens is 525 g/mol. The first-order valence-electron chi connectivity index (χ1n) is 13.1. The van der Waals surface area contributed by atoms with Crippen LogP contribution in [0.1, 0.15) is 33.1 Å². The van der Waals surface area contributed by atoms with E-state index in [9.17, 15) is 9.59 Å². The molecular formula is C29H35Cl2N3O4. The van der Waals surface area contributed by atoms with Crippen LogP contribution < -0.4 is 15.2 Å². The largest absolute Gasteiger partial charge is 0.494 e. The lowest BCUT2D eigenvalue weighted by molar-refractivity contribution is -0.148. The third kappa shape index (κ3) is 7.43. The predicted octanol–water partition coefficient (Wildman–Crippen LogP) is 5.84. The molecule has 0 atom stereocenters. The number of unbranched alkanes of at least 4 members (excludes halogenated alkanes) is 1. The molecule has 3 aromatic rings. The summed E-state index contributed by atoms with van der Waals surface area (Å²) in [7, 11) is 0. The molecule has 1 aliphatic rings. The summed E-state index contributed by atoms with van der Waals surface area (Å²) in [5.41, 5.74) is 1.47. The molecule has 0 saturated carbocycles. The Bertz CT molecular complexity index is 1300. The first kappa shape index (κ1) is 28.3. The maximum Gasteiger partial charge on any atom is 0.307 e. The number of carbonyl (C=O) groups is 1. The van der Waals surface area contributed by atoms with E-state index in [1.54, 1.807) is 6.07 Å². The molecule has 4 rings (SSSR count). The van der Waals surface area contributed by atoms with Gasteiger partial charge in [0.25, 0.3) is 5.56 Å². The van der Waals surface area contributed by atoms with Crippen LogP contribution in [0.3, 0.4) is 0 Å². The van der Waals surface area contributed by atoms with Crippen LogP contribution in [-0.4, -0.2) is 54.8 Å². The second-order valence-electron chi connectivity index (χ2n) is 10.0. The van der Waals surface area contributed by atoms with E-state index in [-0.39, 0.29) is 24.2 Å². The van der Waals surface area contributed by atoms with E-state index in [0.29, 0.717) is 34.3 Å². The molecule has 204 valence electrons. The van der Waals surface area contributed by atoms with Gasteiger partial charge in [0.15, 0.2) is 6.73 Å². The van der Waals surface area contributed by atoms with Gasteiger partial charge in [-0.2, -0.15) is 0 Å². The number of aromatic nitrogens is 1. The van der Waals surface area contributed by atoms with Gasteiger partial charge in [-0.3, -0.25) is 19.1 Å². The van der Waals surface area contributed by atoms with Crippen molar-refractivity contribution in [2.24, 2.45) is 5.92 Å².